The molecule has 2 nitrogen and oxygen atoms in total. The zero-order chi connectivity index (χ0) is 5.33. The van der Waals surface area contributed by atoms with Gasteiger partial charge < -0.3 is 5.73 Å². The van der Waals surface area contributed by atoms with Gasteiger partial charge in [0.15, 0.2) is 0 Å². The summed E-state index contributed by atoms with van der Waals surface area (Å²) in [6, 6.07) is 2.03. The highest BCUT2D eigenvalue weighted by Crippen LogP contribution is 2.25. The van der Waals surface area contributed by atoms with Crippen LogP contribution < -0.4 is 5.73 Å². The molecule has 1 aliphatic rings. The predicted octanol–water partition coefficient (Wildman–Crippen LogP) is -0.0457. The molecule has 0 aromatic rings. The van der Waals surface area contributed by atoms with Crippen molar-refractivity contribution < 1.29 is 0 Å². The standard InChI is InChI=1S/C4H6N2S/c5-1-4(6)2-7-3-4/h2-3,6H2. The second-order valence-electron chi connectivity index (χ2n) is 1.76. The maximum atomic E-state index is 8.26. The van der Waals surface area contributed by atoms with Crippen LogP contribution in [0.5, 0.6) is 0 Å². The summed E-state index contributed by atoms with van der Waals surface area (Å²) in [4.78, 5) is 0. The van der Waals surface area contributed by atoms with E-state index >= 15 is 0 Å². The van der Waals surface area contributed by atoms with Crippen LogP contribution in [0.4, 0.5) is 0 Å². The van der Waals surface area contributed by atoms with Gasteiger partial charge in [0.2, 0.25) is 0 Å². The highest BCUT2D eigenvalue weighted by atomic mass is 32.2. The first kappa shape index (κ1) is 4.95. The van der Waals surface area contributed by atoms with E-state index in [0.717, 1.165) is 11.5 Å². The third-order valence-corrected chi connectivity index (χ3v) is 2.38. The summed E-state index contributed by atoms with van der Waals surface area (Å²) in [6.45, 7) is 0. The summed E-state index contributed by atoms with van der Waals surface area (Å²) in [5, 5.41) is 8.26. The van der Waals surface area contributed by atoms with Crippen molar-refractivity contribution in [1.29, 1.82) is 5.26 Å². The fraction of sp³-hybridized carbons (Fsp3) is 0.750. The van der Waals surface area contributed by atoms with Gasteiger partial charge in [-0.2, -0.15) is 17.0 Å². The molecule has 2 N–H and O–H groups in total. The van der Waals surface area contributed by atoms with Crippen molar-refractivity contribution in [3.63, 3.8) is 0 Å². The molecule has 0 amide bonds. The lowest BCUT2D eigenvalue weighted by molar-refractivity contribution is 0.659. The van der Waals surface area contributed by atoms with Crippen molar-refractivity contribution in [1.82, 2.24) is 0 Å². The number of nitrogens with two attached hydrogens (primary N) is 1. The Bertz CT molecular complexity index is 111. The van der Waals surface area contributed by atoms with Crippen LogP contribution in [0.2, 0.25) is 0 Å². The molecule has 0 radical (unpaired) electrons. The van der Waals surface area contributed by atoms with Crippen molar-refractivity contribution in [3.05, 3.63) is 0 Å². The van der Waals surface area contributed by atoms with Crippen molar-refractivity contribution in [2.75, 3.05) is 11.5 Å². The SMILES string of the molecule is N#CC1(N)CSC1. The van der Waals surface area contributed by atoms with Crippen LogP contribution in [0.15, 0.2) is 0 Å². The summed E-state index contributed by atoms with van der Waals surface area (Å²) in [5.74, 6) is 1.62. The minimum Gasteiger partial charge on any atom is -0.312 e. The molecule has 1 heterocycles. The van der Waals surface area contributed by atoms with Gasteiger partial charge >= 0.3 is 0 Å². The molecule has 0 aromatic heterocycles. The molecule has 0 spiro atoms. The third-order valence-electron chi connectivity index (χ3n) is 0.942. The molecular weight excluding hydrogens is 108 g/mol. The number of hydrogen-bond donors (Lipinski definition) is 1. The molecule has 0 bridgehead atoms. The molecule has 7 heavy (non-hydrogen) atoms. The molecule has 38 valence electrons. The first-order valence-corrected chi connectivity index (χ1v) is 3.20. The molecule has 1 aliphatic heterocycles. The summed E-state index contributed by atoms with van der Waals surface area (Å²) < 4.78 is 0. The van der Waals surface area contributed by atoms with E-state index in [4.69, 9.17) is 11.0 Å². The van der Waals surface area contributed by atoms with Crippen LogP contribution in [0.1, 0.15) is 0 Å². The molecule has 0 atom stereocenters. The minimum absolute atomic E-state index is 0.468. The number of nitriles is 1. The van der Waals surface area contributed by atoms with Gasteiger partial charge in [-0.3, -0.25) is 0 Å². The third kappa shape index (κ3) is 0.718. The minimum atomic E-state index is -0.468. The maximum Gasteiger partial charge on any atom is 0.122 e. The lowest BCUT2D eigenvalue weighted by Gasteiger charge is -2.29. The van der Waals surface area contributed by atoms with E-state index in [9.17, 15) is 0 Å². The molecular formula is C4H6N2S. The largest absolute Gasteiger partial charge is 0.312 e. The molecule has 0 saturated carbocycles. The topological polar surface area (TPSA) is 49.8 Å². The molecule has 0 aliphatic carbocycles. The van der Waals surface area contributed by atoms with Gasteiger partial charge in [0, 0.05) is 11.5 Å². The number of rotatable bonds is 0. The van der Waals surface area contributed by atoms with Crippen LogP contribution in [0.25, 0.3) is 0 Å². The average molecular weight is 114 g/mol. The van der Waals surface area contributed by atoms with E-state index in [0.29, 0.717) is 0 Å². The van der Waals surface area contributed by atoms with Crippen LogP contribution >= 0.6 is 11.8 Å². The van der Waals surface area contributed by atoms with E-state index in [2.05, 4.69) is 0 Å². The highest BCUT2D eigenvalue weighted by molar-refractivity contribution is 8.00. The maximum absolute atomic E-state index is 8.26. The van der Waals surface area contributed by atoms with Gasteiger partial charge in [-0.1, -0.05) is 0 Å². The molecule has 0 aromatic carbocycles. The number of hydrogen-bond acceptors (Lipinski definition) is 3. The first-order valence-electron chi connectivity index (χ1n) is 2.05. The van der Waals surface area contributed by atoms with Crippen LogP contribution in [-0.2, 0) is 0 Å². The summed E-state index contributed by atoms with van der Waals surface area (Å²) in [5.41, 5.74) is 4.95. The van der Waals surface area contributed by atoms with E-state index in [-0.39, 0.29) is 0 Å². The second-order valence-corrected chi connectivity index (χ2v) is 2.75. The molecule has 1 rings (SSSR count). The van der Waals surface area contributed by atoms with Crippen molar-refractivity contribution in [2.45, 2.75) is 5.54 Å². The predicted molar refractivity (Wildman–Crippen MR) is 29.9 cm³/mol. The lowest BCUT2D eigenvalue weighted by Crippen LogP contribution is -2.50. The lowest BCUT2D eigenvalue weighted by atomic mass is 10.1. The van der Waals surface area contributed by atoms with Crippen LogP contribution in [0.3, 0.4) is 0 Å². The van der Waals surface area contributed by atoms with Gasteiger partial charge in [-0.25, -0.2) is 0 Å². The Labute approximate surface area is 46.7 Å². The van der Waals surface area contributed by atoms with Crippen LogP contribution in [-0.4, -0.2) is 17.0 Å². The van der Waals surface area contributed by atoms with E-state index < -0.39 is 5.54 Å². The Morgan fingerprint density at radius 3 is 2.29 bits per heavy atom. The zero-order valence-electron chi connectivity index (χ0n) is 3.85. The summed E-state index contributed by atoms with van der Waals surface area (Å²) in [6.07, 6.45) is 0. The van der Waals surface area contributed by atoms with Crippen molar-refractivity contribution in [3.8, 4) is 6.07 Å². The second kappa shape index (κ2) is 1.39. The molecule has 3 heteroatoms. The number of thioether (sulfide) groups is 1. The molecule has 0 unspecified atom stereocenters. The van der Waals surface area contributed by atoms with Gasteiger partial charge in [-0.15, -0.1) is 0 Å². The van der Waals surface area contributed by atoms with Crippen LogP contribution in [0, 0.1) is 11.3 Å². The van der Waals surface area contributed by atoms with Gasteiger partial charge in [-0.05, 0) is 0 Å². The molecule has 1 saturated heterocycles. The Kier molecular flexibility index (Phi) is 0.983. The van der Waals surface area contributed by atoms with Gasteiger partial charge in [0.1, 0.15) is 5.54 Å². The Balaban J connectivity index is 2.48. The van der Waals surface area contributed by atoms with Crippen molar-refractivity contribution >= 4 is 11.8 Å². The molecule has 1 fully saturated rings. The van der Waals surface area contributed by atoms with E-state index in [1.807, 2.05) is 6.07 Å². The Morgan fingerprint density at radius 2 is 2.29 bits per heavy atom. The summed E-state index contributed by atoms with van der Waals surface area (Å²) in [7, 11) is 0. The smallest absolute Gasteiger partial charge is 0.122 e. The average Bonchev–Trinajstić information content (AvgIpc) is 1.61. The van der Waals surface area contributed by atoms with Crippen molar-refractivity contribution in [2.24, 2.45) is 5.73 Å². The fourth-order valence-electron chi connectivity index (χ4n) is 0.387. The normalized spacial score (nSPS) is 25.1. The van der Waals surface area contributed by atoms with Gasteiger partial charge in [0.05, 0.1) is 6.07 Å². The first-order chi connectivity index (χ1) is 3.27. The Hall–Kier alpha value is -0.200. The Morgan fingerprint density at radius 1 is 1.71 bits per heavy atom. The summed E-state index contributed by atoms with van der Waals surface area (Å²) >= 11 is 1.72. The fourth-order valence-corrected chi connectivity index (χ4v) is 1.16. The van der Waals surface area contributed by atoms with Gasteiger partial charge in [0.25, 0.3) is 0 Å². The van der Waals surface area contributed by atoms with E-state index in [1.54, 1.807) is 11.8 Å². The monoisotopic (exact) mass is 114 g/mol. The quantitative estimate of drug-likeness (QED) is 0.480. The zero-order valence-corrected chi connectivity index (χ0v) is 4.66. The number of nitrogens with zero attached hydrogens (tertiary/aromatic N) is 1. The highest BCUT2D eigenvalue weighted by Gasteiger charge is 2.32. The van der Waals surface area contributed by atoms with E-state index in [1.165, 1.54) is 0 Å².